The first-order valence-electron chi connectivity index (χ1n) is 10.3. The van der Waals surface area contributed by atoms with Crippen LogP contribution in [-0.2, 0) is 11.0 Å². The van der Waals surface area contributed by atoms with Crippen molar-refractivity contribution in [3.8, 4) is 0 Å². The van der Waals surface area contributed by atoms with Gasteiger partial charge in [-0.3, -0.25) is 4.79 Å². The highest BCUT2D eigenvalue weighted by molar-refractivity contribution is 7.99. The minimum Gasteiger partial charge on any atom is -0.507 e. The molecule has 0 fully saturated rings. The van der Waals surface area contributed by atoms with Crippen LogP contribution in [0.25, 0.3) is 5.76 Å². The molecule has 0 spiro atoms. The molecule has 178 valence electrons. The summed E-state index contributed by atoms with van der Waals surface area (Å²) in [5.41, 5.74) is 7.10. The van der Waals surface area contributed by atoms with Gasteiger partial charge >= 0.3 is 12.1 Å². The lowest BCUT2D eigenvalue weighted by atomic mass is 9.93. The summed E-state index contributed by atoms with van der Waals surface area (Å²) in [5.74, 6) is -0.489. The molecule has 1 aromatic carbocycles. The van der Waals surface area contributed by atoms with Gasteiger partial charge in [-0.05, 0) is 42.0 Å². The maximum absolute atomic E-state index is 12.7. The third kappa shape index (κ3) is 8.39. The maximum Gasteiger partial charge on any atom is 0.416 e. The molecule has 1 rings (SSSR count). The lowest BCUT2D eigenvalue weighted by Crippen LogP contribution is -2.27. The number of carboxylic acid groups (broad SMARTS) is 1. The third-order valence-corrected chi connectivity index (χ3v) is 6.94. The Hall–Kier alpha value is -2.19. The Labute approximate surface area is 192 Å². The van der Waals surface area contributed by atoms with Gasteiger partial charge in [-0.25, -0.2) is 0 Å². The number of aliphatic hydroxyl groups is 1. The number of thioether (sulfide) groups is 1. The summed E-state index contributed by atoms with van der Waals surface area (Å²) in [7, 11) is 0. The van der Waals surface area contributed by atoms with Crippen molar-refractivity contribution in [3.63, 3.8) is 0 Å². The summed E-state index contributed by atoms with van der Waals surface area (Å²) < 4.78 is 38.2. The molecule has 4 N–H and O–H groups in total. The number of benzene rings is 1. The van der Waals surface area contributed by atoms with E-state index >= 15 is 0 Å². The van der Waals surface area contributed by atoms with Gasteiger partial charge < -0.3 is 15.9 Å². The second kappa shape index (κ2) is 12.2. The van der Waals surface area contributed by atoms with E-state index in [9.17, 15) is 23.1 Å². The lowest BCUT2D eigenvalue weighted by Gasteiger charge is -2.22. The molecular formula is C24H32F3NO3S. The van der Waals surface area contributed by atoms with Crippen molar-refractivity contribution in [2.45, 2.75) is 51.6 Å². The van der Waals surface area contributed by atoms with Crippen molar-refractivity contribution in [3.05, 3.63) is 65.3 Å². The molecule has 0 aliphatic rings. The van der Waals surface area contributed by atoms with E-state index in [1.807, 2.05) is 26.8 Å². The predicted octanol–water partition coefficient (Wildman–Crippen LogP) is 6.30. The highest BCUT2D eigenvalue weighted by Gasteiger charge is 2.30. The van der Waals surface area contributed by atoms with Crippen LogP contribution in [0.15, 0.2) is 54.1 Å². The molecule has 0 amide bonds. The number of nitrogens with two attached hydrogens (primary N) is 1. The van der Waals surface area contributed by atoms with Gasteiger partial charge in [0.15, 0.2) is 0 Å². The summed E-state index contributed by atoms with van der Waals surface area (Å²) in [5, 5.41) is 19.6. The molecule has 0 aromatic heterocycles. The Bertz CT molecular complexity index is 847. The van der Waals surface area contributed by atoms with Crippen LogP contribution in [0.3, 0.4) is 0 Å². The van der Waals surface area contributed by atoms with Crippen LogP contribution < -0.4 is 5.73 Å². The largest absolute Gasteiger partial charge is 0.507 e. The molecule has 4 nitrogen and oxygen atoms in total. The van der Waals surface area contributed by atoms with E-state index in [1.54, 1.807) is 24.8 Å². The second-order valence-electron chi connectivity index (χ2n) is 7.98. The van der Waals surface area contributed by atoms with E-state index in [1.165, 1.54) is 12.1 Å². The normalized spacial score (nSPS) is 17.2. The molecule has 0 saturated carbocycles. The predicted molar refractivity (Wildman–Crippen MR) is 125 cm³/mol. The summed E-state index contributed by atoms with van der Waals surface area (Å²) in [6.07, 6.45) is -0.698. The fraction of sp³-hybridized carbons (Fsp3) is 0.458. The molecule has 8 heteroatoms. The summed E-state index contributed by atoms with van der Waals surface area (Å²) >= 11 is 1.60. The smallest absolute Gasteiger partial charge is 0.416 e. The number of hydrogen-bond acceptors (Lipinski definition) is 4. The average molecular weight is 472 g/mol. The monoisotopic (exact) mass is 471 g/mol. The Morgan fingerprint density at radius 1 is 1.19 bits per heavy atom. The number of halogens is 3. The van der Waals surface area contributed by atoms with Crippen molar-refractivity contribution in [2.75, 3.05) is 5.75 Å². The number of allylic oxidation sites excluding steroid dienone is 3. The van der Waals surface area contributed by atoms with Crippen LogP contribution in [0.1, 0.15) is 45.2 Å². The number of rotatable bonds is 11. The van der Waals surface area contributed by atoms with Crippen LogP contribution in [0, 0.1) is 11.8 Å². The van der Waals surface area contributed by atoms with Crippen molar-refractivity contribution in [1.82, 2.24) is 0 Å². The van der Waals surface area contributed by atoms with Crippen molar-refractivity contribution >= 4 is 23.5 Å². The number of aliphatic hydroxyl groups excluding tert-OH is 1. The second-order valence-corrected chi connectivity index (χ2v) is 9.39. The quantitative estimate of drug-likeness (QED) is 0.260. The first kappa shape index (κ1) is 27.8. The molecule has 32 heavy (non-hydrogen) atoms. The van der Waals surface area contributed by atoms with Crippen molar-refractivity contribution in [2.24, 2.45) is 17.6 Å². The molecule has 0 aliphatic carbocycles. The molecule has 0 radical (unpaired) electrons. The van der Waals surface area contributed by atoms with Crippen LogP contribution in [0.2, 0.25) is 0 Å². The van der Waals surface area contributed by atoms with E-state index in [2.05, 4.69) is 6.58 Å². The maximum atomic E-state index is 12.7. The van der Waals surface area contributed by atoms with Gasteiger partial charge in [0, 0.05) is 22.6 Å². The highest BCUT2D eigenvalue weighted by Crippen LogP contribution is 2.31. The van der Waals surface area contributed by atoms with Crippen LogP contribution in [0.5, 0.6) is 0 Å². The standard InChI is InChI=1S/C24H32F3NO3S/c1-6-18(15(3)12-22(29)30)11-14(2)17(5)32-13-21(28)16(4)23(31)19-7-9-20(10-8-19)24(25,26)27/h6-11,14-15,17,21,31H,1,12-13,28H2,2-5H3,(H,29,30)/b18-11+,23-16-/t14-,15+,17?,21?/m1/s1. The van der Waals surface area contributed by atoms with Gasteiger partial charge in [-0.1, -0.05) is 51.6 Å². The minimum atomic E-state index is -4.43. The summed E-state index contributed by atoms with van der Waals surface area (Å²) in [4.78, 5) is 11.0. The van der Waals surface area contributed by atoms with Gasteiger partial charge in [0.05, 0.1) is 12.0 Å². The minimum absolute atomic E-state index is 0.0319. The number of alkyl halides is 3. The van der Waals surface area contributed by atoms with E-state index in [-0.39, 0.29) is 34.8 Å². The number of carbonyl (C=O) groups is 1. The first-order valence-corrected chi connectivity index (χ1v) is 11.3. The zero-order chi connectivity index (χ0) is 24.6. The molecule has 0 heterocycles. The zero-order valence-corrected chi connectivity index (χ0v) is 19.6. The molecule has 0 saturated heterocycles. The third-order valence-electron chi connectivity index (χ3n) is 5.44. The lowest BCUT2D eigenvalue weighted by molar-refractivity contribution is -0.138. The van der Waals surface area contributed by atoms with E-state index in [0.717, 1.165) is 17.7 Å². The zero-order valence-electron chi connectivity index (χ0n) is 18.8. The van der Waals surface area contributed by atoms with E-state index in [4.69, 9.17) is 10.8 Å². The topological polar surface area (TPSA) is 83.5 Å². The molecular weight excluding hydrogens is 439 g/mol. The van der Waals surface area contributed by atoms with E-state index < -0.39 is 23.8 Å². The van der Waals surface area contributed by atoms with Crippen molar-refractivity contribution in [1.29, 1.82) is 0 Å². The van der Waals surface area contributed by atoms with Gasteiger partial charge in [0.2, 0.25) is 0 Å². The van der Waals surface area contributed by atoms with Gasteiger partial charge in [-0.15, -0.1) is 0 Å². The Kier molecular flexibility index (Phi) is 10.6. The average Bonchev–Trinajstić information content (AvgIpc) is 2.73. The number of aliphatic carboxylic acids is 1. The SMILES string of the molecule is C=C/C(=C\[C@@H](C)C(C)SCC(N)/C(C)=C(\O)c1ccc(C(F)(F)F)cc1)[C@@H](C)CC(=O)O. The number of hydrogen-bond donors (Lipinski definition) is 3. The van der Waals surface area contributed by atoms with Crippen LogP contribution >= 0.6 is 11.8 Å². The van der Waals surface area contributed by atoms with Gasteiger partial charge in [0.1, 0.15) is 5.76 Å². The Morgan fingerprint density at radius 2 is 1.75 bits per heavy atom. The Morgan fingerprint density at radius 3 is 2.22 bits per heavy atom. The summed E-state index contributed by atoms with van der Waals surface area (Å²) in [6.45, 7) is 11.4. The first-order chi connectivity index (χ1) is 14.8. The highest BCUT2D eigenvalue weighted by atomic mass is 32.2. The van der Waals surface area contributed by atoms with Gasteiger partial charge in [0.25, 0.3) is 0 Å². The van der Waals surface area contributed by atoms with Crippen LogP contribution in [-0.4, -0.2) is 33.2 Å². The van der Waals surface area contributed by atoms with Gasteiger partial charge in [-0.2, -0.15) is 24.9 Å². The molecule has 1 aromatic rings. The molecule has 4 atom stereocenters. The fourth-order valence-electron chi connectivity index (χ4n) is 3.00. The molecule has 0 aliphatic heterocycles. The van der Waals surface area contributed by atoms with E-state index in [0.29, 0.717) is 11.3 Å². The Balaban J connectivity index is 2.80. The molecule has 0 bridgehead atoms. The molecule has 2 unspecified atom stereocenters. The summed E-state index contributed by atoms with van der Waals surface area (Å²) in [6, 6.07) is 3.83. The van der Waals surface area contributed by atoms with Crippen molar-refractivity contribution < 1.29 is 28.2 Å². The fourth-order valence-corrected chi connectivity index (χ4v) is 4.15. The van der Waals surface area contributed by atoms with Crippen LogP contribution in [0.4, 0.5) is 13.2 Å². The number of carboxylic acids is 1.